The van der Waals surface area contributed by atoms with Gasteiger partial charge >= 0.3 is 0 Å². The molecule has 3 unspecified atom stereocenters. The molecule has 0 aromatic heterocycles. The molecule has 1 aromatic rings. The number of methoxy groups -OCH3 is 1. The zero-order valence-electron chi connectivity index (χ0n) is 12.7. The summed E-state index contributed by atoms with van der Waals surface area (Å²) in [5, 5.41) is 8.83. The lowest BCUT2D eigenvalue weighted by Crippen LogP contribution is -2.58. The molecule has 2 heterocycles. The number of amides is 1. The van der Waals surface area contributed by atoms with E-state index >= 15 is 0 Å². The number of fused-ring (bicyclic) bond motifs is 1. The van der Waals surface area contributed by atoms with Gasteiger partial charge in [-0.3, -0.25) is 10.1 Å². The normalized spacial score (nSPS) is 27.1. The molecular weight excluding hydrogens is 316 g/mol. The Morgan fingerprint density at radius 2 is 2.09 bits per heavy atom. The van der Waals surface area contributed by atoms with Crippen LogP contribution in [-0.2, 0) is 4.79 Å². The molecule has 0 bridgehead atoms. The summed E-state index contributed by atoms with van der Waals surface area (Å²) < 4.78 is 5.19. The van der Waals surface area contributed by atoms with Gasteiger partial charge in [-0.05, 0) is 40.9 Å². The van der Waals surface area contributed by atoms with Crippen molar-refractivity contribution in [2.75, 3.05) is 12.9 Å². The zero-order chi connectivity index (χ0) is 15.5. The molecule has 0 spiro atoms. The minimum absolute atomic E-state index is 0.0183. The van der Waals surface area contributed by atoms with Crippen LogP contribution in [0.3, 0.4) is 0 Å². The van der Waals surface area contributed by atoms with Gasteiger partial charge < -0.3 is 10.1 Å². The topological polar surface area (TPSA) is 50.4 Å². The maximum Gasteiger partial charge on any atom is 0.231 e. The molecular formula is C16H20N2O2S2. The van der Waals surface area contributed by atoms with Crippen molar-refractivity contribution in [3.63, 3.8) is 0 Å². The van der Waals surface area contributed by atoms with E-state index in [1.165, 1.54) is 0 Å². The summed E-state index contributed by atoms with van der Waals surface area (Å²) in [7, 11) is 1.66. The lowest BCUT2D eigenvalue weighted by atomic mass is 9.92. The molecule has 1 aromatic carbocycles. The number of benzene rings is 1. The van der Waals surface area contributed by atoms with Crippen LogP contribution in [0.4, 0.5) is 0 Å². The zero-order valence-corrected chi connectivity index (χ0v) is 14.3. The third-order valence-electron chi connectivity index (χ3n) is 3.76. The van der Waals surface area contributed by atoms with E-state index in [1.807, 2.05) is 24.3 Å². The van der Waals surface area contributed by atoms with Crippen molar-refractivity contribution in [3.8, 4) is 5.75 Å². The van der Waals surface area contributed by atoms with Gasteiger partial charge in [0.15, 0.2) is 0 Å². The molecule has 1 amide bonds. The Balaban J connectivity index is 1.73. The second-order valence-corrected chi connectivity index (χ2v) is 7.49. The highest BCUT2D eigenvalue weighted by Gasteiger charge is 2.42. The van der Waals surface area contributed by atoms with Crippen LogP contribution in [0.2, 0.25) is 0 Å². The first-order valence-corrected chi connectivity index (χ1v) is 9.40. The number of ether oxygens (including phenoxy) is 1. The van der Waals surface area contributed by atoms with E-state index in [2.05, 4.69) is 23.0 Å². The first-order chi connectivity index (χ1) is 10.7. The molecule has 2 aliphatic heterocycles. The van der Waals surface area contributed by atoms with E-state index < -0.39 is 0 Å². The van der Waals surface area contributed by atoms with E-state index in [1.54, 1.807) is 30.6 Å². The maximum atomic E-state index is 12.5. The van der Waals surface area contributed by atoms with Crippen LogP contribution in [-0.4, -0.2) is 29.6 Å². The monoisotopic (exact) mass is 336 g/mol. The predicted octanol–water partition coefficient (Wildman–Crippen LogP) is 2.87. The van der Waals surface area contributed by atoms with Crippen molar-refractivity contribution in [2.45, 2.75) is 24.2 Å². The van der Waals surface area contributed by atoms with Crippen molar-refractivity contribution in [1.29, 1.82) is 0 Å². The smallest absolute Gasteiger partial charge is 0.231 e. The SMILES string of the molecule is CCCSC1NC(=O)C2C(c3ccc(OC)cc3)=CSC2N1. The molecule has 3 atom stereocenters. The molecule has 1 fully saturated rings. The van der Waals surface area contributed by atoms with E-state index in [-0.39, 0.29) is 22.7 Å². The molecule has 0 aliphatic carbocycles. The molecule has 6 heteroatoms. The summed E-state index contributed by atoms with van der Waals surface area (Å²) in [5.41, 5.74) is 2.18. The number of rotatable bonds is 5. The summed E-state index contributed by atoms with van der Waals surface area (Å²) in [6, 6.07) is 7.89. The number of hydrogen-bond acceptors (Lipinski definition) is 5. The summed E-state index contributed by atoms with van der Waals surface area (Å²) in [6.07, 6.45) is 1.11. The van der Waals surface area contributed by atoms with Crippen LogP contribution in [0.15, 0.2) is 29.7 Å². The molecule has 4 nitrogen and oxygen atoms in total. The Hall–Kier alpha value is -1.11. The van der Waals surface area contributed by atoms with Crippen molar-refractivity contribution in [2.24, 2.45) is 5.92 Å². The van der Waals surface area contributed by atoms with Gasteiger partial charge in [0, 0.05) is 0 Å². The van der Waals surface area contributed by atoms with Crippen LogP contribution in [0.1, 0.15) is 18.9 Å². The van der Waals surface area contributed by atoms with Gasteiger partial charge in [-0.25, -0.2) is 0 Å². The average molecular weight is 336 g/mol. The first kappa shape index (κ1) is 15.8. The fourth-order valence-electron chi connectivity index (χ4n) is 2.64. The fourth-order valence-corrected chi connectivity index (χ4v) is 4.86. The van der Waals surface area contributed by atoms with Gasteiger partial charge in [-0.15, -0.1) is 23.5 Å². The van der Waals surface area contributed by atoms with Gasteiger partial charge in [-0.2, -0.15) is 0 Å². The van der Waals surface area contributed by atoms with Gasteiger partial charge in [-0.1, -0.05) is 19.1 Å². The summed E-state index contributed by atoms with van der Waals surface area (Å²) in [6.45, 7) is 2.15. The summed E-state index contributed by atoms with van der Waals surface area (Å²) in [4.78, 5) is 12.5. The molecule has 3 rings (SSSR count). The second-order valence-electron chi connectivity index (χ2n) is 5.26. The number of carbonyl (C=O) groups is 1. The Bertz CT molecular complexity index is 574. The van der Waals surface area contributed by atoms with Crippen molar-refractivity contribution >= 4 is 35.0 Å². The van der Waals surface area contributed by atoms with Gasteiger partial charge in [0.05, 0.1) is 18.4 Å². The minimum Gasteiger partial charge on any atom is -0.497 e. The molecule has 1 saturated heterocycles. The highest BCUT2D eigenvalue weighted by Crippen LogP contribution is 2.42. The third-order valence-corrected chi connectivity index (χ3v) is 6.09. The van der Waals surface area contributed by atoms with Gasteiger partial charge in [0.25, 0.3) is 0 Å². The fraction of sp³-hybridized carbons (Fsp3) is 0.438. The average Bonchev–Trinajstić information content (AvgIpc) is 2.97. The Labute approximate surface area is 139 Å². The van der Waals surface area contributed by atoms with E-state index in [9.17, 15) is 4.79 Å². The highest BCUT2D eigenvalue weighted by molar-refractivity contribution is 8.03. The number of hydrogen-bond donors (Lipinski definition) is 2. The lowest BCUT2D eigenvalue weighted by molar-refractivity contribution is -0.125. The Kier molecular flexibility index (Phi) is 5.00. The van der Waals surface area contributed by atoms with Crippen LogP contribution in [0.5, 0.6) is 5.75 Å². The van der Waals surface area contributed by atoms with Crippen LogP contribution < -0.4 is 15.4 Å². The standard InChI is InChI=1S/C16H20N2O2S2/c1-3-8-21-16-17-14(19)13-12(9-22-15(13)18-16)10-4-6-11(20-2)7-5-10/h4-7,9,13,15-16,18H,3,8H2,1-2H3,(H,17,19). The Morgan fingerprint density at radius 3 is 2.77 bits per heavy atom. The van der Waals surface area contributed by atoms with Crippen molar-refractivity contribution in [1.82, 2.24) is 10.6 Å². The molecule has 2 N–H and O–H groups in total. The van der Waals surface area contributed by atoms with Crippen LogP contribution >= 0.6 is 23.5 Å². The van der Waals surface area contributed by atoms with Gasteiger partial charge in [0.2, 0.25) is 5.91 Å². The first-order valence-electron chi connectivity index (χ1n) is 7.41. The quantitative estimate of drug-likeness (QED) is 0.866. The van der Waals surface area contributed by atoms with Crippen molar-refractivity contribution in [3.05, 3.63) is 35.2 Å². The molecule has 118 valence electrons. The number of thioether (sulfide) groups is 2. The van der Waals surface area contributed by atoms with Crippen molar-refractivity contribution < 1.29 is 9.53 Å². The van der Waals surface area contributed by atoms with Crippen LogP contribution in [0.25, 0.3) is 5.57 Å². The van der Waals surface area contributed by atoms with Crippen LogP contribution in [0, 0.1) is 5.92 Å². The third kappa shape index (κ3) is 3.14. The molecule has 0 saturated carbocycles. The maximum absolute atomic E-state index is 12.5. The predicted molar refractivity (Wildman–Crippen MR) is 93.7 cm³/mol. The van der Waals surface area contributed by atoms with Gasteiger partial charge in [0.1, 0.15) is 11.2 Å². The van der Waals surface area contributed by atoms with E-state index in [4.69, 9.17) is 4.74 Å². The largest absolute Gasteiger partial charge is 0.497 e. The minimum atomic E-state index is -0.128. The summed E-state index contributed by atoms with van der Waals surface area (Å²) in [5.74, 6) is 1.86. The molecule has 22 heavy (non-hydrogen) atoms. The molecule has 0 radical (unpaired) electrons. The molecule has 2 aliphatic rings. The lowest BCUT2D eigenvalue weighted by Gasteiger charge is -2.34. The highest BCUT2D eigenvalue weighted by atomic mass is 32.2. The Morgan fingerprint density at radius 1 is 1.32 bits per heavy atom. The summed E-state index contributed by atoms with van der Waals surface area (Å²) >= 11 is 3.46. The number of carbonyl (C=O) groups excluding carboxylic acids is 1. The second kappa shape index (κ2) is 6.98. The van der Waals surface area contributed by atoms with E-state index in [0.717, 1.165) is 29.1 Å². The number of nitrogens with one attached hydrogen (secondary N) is 2. The van der Waals surface area contributed by atoms with E-state index in [0.29, 0.717) is 0 Å².